The van der Waals surface area contributed by atoms with Crippen LogP contribution >= 0.6 is 15.9 Å². The maximum absolute atomic E-state index is 8.84. The fourth-order valence-corrected chi connectivity index (χ4v) is 2.14. The molecule has 1 aromatic heterocycles. The standard InChI is InChI=1S/C14H15BrN4O/c1-19(9-11-7-6-10(15)8-17-11)13-5-3-2-4-12(13)14(16)18-20/h2-8,20H,9H2,1H3,(H2,16,18). The van der Waals surface area contributed by atoms with E-state index < -0.39 is 0 Å². The molecular weight excluding hydrogens is 320 g/mol. The number of oxime groups is 1. The second kappa shape index (κ2) is 6.38. The minimum absolute atomic E-state index is 0.0937. The molecule has 20 heavy (non-hydrogen) atoms. The van der Waals surface area contributed by atoms with Gasteiger partial charge in [-0.15, -0.1) is 0 Å². The lowest BCUT2D eigenvalue weighted by Crippen LogP contribution is -2.22. The molecule has 0 saturated carbocycles. The highest BCUT2D eigenvalue weighted by molar-refractivity contribution is 9.10. The Balaban J connectivity index is 2.25. The molecule has 0 aliphatic heterocycles. The van der Waals surface area contributed by atoms with Crippen molar-refractivity contribution >= 4 is 27.5 Å². The Hall–Kier alpha value is -2.08. The Morgan fingerprint density at radius 3 is 2.75 bits per heavy atom. The highest BCUT2D eigenvalue weighted by atomic mass is 79.9. The van der Waals surface area contributed by atoms with Gasteiger partial charge < -0.3 is 15.8 Å². The van der Waals surface area contributed by atoms with Gasteiger partial charge in [0.15, 0.2) is 5.84 Å². The number of nitrogens with zero attached hydrogens (tertiary/aromatic N) is 3. The number of hydrogen-bond donors (Lipinski definition) is 2. The Bertz CT molecular complexity index is 613. The van der Waals surface area contributed by atoms with Crippen LogP contribution in [0.2, 0.25) is 0 Å². The summed E-state index contributed by atoms with van der Waals surface area (Å²) in [6.45, 7) is 0.628. The van der Waals surface area contributed by atoms with E-state index in [1.165, 1.54) is 0 Å². The number of aromatic nitrogens is 1. The van der Waals surface area contributed by atoms with E-state index in [2.05, 4.69) is 26.1 Å². The summed E-state index contributed by atoms with van der Waals surface area (Å²) in [6.07, 6.45) is 1.76. The third-order valence-corrected chi connectivity index (χ3v) is 3.36. The first-order valence-corrected chi connectivity index (χ1v) is 6.79. The predicted molar refractivity (Wildman–Crippen MR) is 83.0 cm³/mol. The summed E-state index contributed by atoms with van der Waals surface area (Å²) in [7, 11) is 1.94. The Labute approximate surface area is 125 Å². The summed E-state index contributed by atoms with van der Waals surface area (Å²) in [5, 5.41) is 11.9. The Kier molecular flexibility index (Phi) is 4.57. The van der Waals surface area contributed by atoms with E-state index in [9.17, 15) is 0 Å². The van der Waals surface area contributed by atoms with E-state index >= 15 is 0 Å². The van der Waals surface area contributed by atoms with Crippen LogP contribution in [-0.2, 0) is 6.54 Å². The number of amidine groups is 1. The summed E-state index contributed by atoms with van der Waals surface area (Å²) in [5.74, 6) is 0.0937. The van der Waals surface area contributed by atoms with Crippen molar-refractivity contribution in [2.75, 3.05) is 11.9 Å². The topological polar surface area (TPSA) is 74.7 Å². The molecule has 0 spiro atoms. The van der Waals surface area contributed by atoms with Crippen molar-refractivity contribution in [3.05, 3.63) is 58.3 Å². The number of anilines is 1. The van der Waals surface area contributed by atoms with E-state index in [0.29, 0.717) is 12.1 Å². The Morgan fingerprint density at radius 2 is 2.10 bits per heavy atom. The minimum atomic E-state index is 0.0937. The van der Waals surface area contributed by atoms with Gasteiger partial charge in [0.2, 0.25) is 0 Å². The fraction of sp³-hybridized carbons (Fsp3) is 0.143. The molecule has 0 radical (unpaired) electrons. The van der Waals surface area contributed by atoms with Gasteiger partial charge in [-0.1, -0.05) is 17.3 Å². The smallest absolute Gasteiger partial charge is 0.172 e. The summed E-state index contributed by atoms with van der Waals surface area (Å²) in [5.41, 5.74) is 8.20. The lowest BCUT2D eigenvalue weighted by atomic mass is 10.1. The van der Waals surface area contributed by atoms with E-state index in [1.54, 1.807) is 6.20 Å². The molecule has 104 valence electrons. The van der Waals surface area contributed by atoms with Crippen LogP contribution in [0.15, 0.2) is 52.2 Å². The SMILES string of the molecule is CN(Cc1ccc(Br)cn1)c1ccccc1/C(N)=N/O. The summed E-state index contributed by atoms with van der Waals surface area (Å²) in [4.78, 5) is 6.34. The van der Waals surface area contributed by atoms with Gasteiger partial charge in [0.1, 0.15) is 0 Å². The van der Waals surface area contributed by atoms with Crippen molar-refractivity contribution in [2.24, 2.45) is 10.9 Å². The lowest BCUT2D eigenvalue weighted by molar-refractivity contribution is 0.318. The lowest BCUT2D eigenvalue weighted by Gasteiger charge is -2.21. The maximum atomic E-state index is 8.84. The molecule has 0 amide bonds. The third kappa shape index (κ3) is 3.27. The van der Waals surface area contributed by atoms with Crippen LogP contribution in [0.4, 0.5) is 5.69 Å². The van der Waals surface area contributed by atoms with Gasteiger partial charge in [-0.2, -0.15) is 0 Å². The van der Waals surface area contributed by atoms with Gasteiger partial charge >= 0.3 is 0 Å². The minimum Gasteiger partial charge on any atom is -0.409 e. The number of para-hydroxylation sites is 1. The molecule has 6 heteroatoms. The summed E-state index contributed by atoms with van der Waals surface area (Å²) >= 11 is 3.36. The van der Waals surface area contributed by atoms with Crippen LogP contribution in [-0.4, -0.2) is 23.1 Å². The van der Waals surface area contributed by atoms with Crippen LogP contribution in [0.3, 0.4) is 0 Å². The molecule has 5 nitrogen and oxygen atoms in total. The molecule has 1 heterocycles. The number of pyridine rings is 1. The zero-order chi connectivity index (χ0) is 14.5. The third-order valence-electron chi connectivity index (χ3n) is 2.89. The van der Waals surface area contributed by atoms with Crippen LogP contribution in [0.25, 0.3) is 0 Å². The number of hydrogen-bond acceptors (Lipinski definition) is 4. The van der Waals surface area contributed by atoms with Crippen LogP contribution < -0.4 is 10.6 Å². The van der Waals surface area contributed by atoms with Crippen molar-refractivity contribution in [1.82, 2.24) is 4.98 Å². The van der Waals surface area contributed by atoms with Gasteiger partial charge in [-0.25, -0.2) is 0 Å². The number of halogens is 1. The van der Waals surface area contributed by atoms with Crippen LogP contribution in [0.5, 0.6) is 0 Å². The van der Waals surface area contributed by atoms with E-state index in [1.807, 2.05) is 48.3 Å². The van der Waals surface area contributed by atoms with Gasteiger partial charge in [-0.3, -0.25) is 4.98 Å². The van der Waals surface area contributed by atoms with Gasteiger partial charge in [0.25, 0.3) is 0 Å². The fourth-order valence-electron chi connectivity index (χ4n) is 1.91. The first-order valence-electron chi connectivity index (χ1n) is 6.00. The Morgan fingerprint density at radius 1 is 1.35 bits per heavy atom. The molecule has 0 unspecified atom stereocenters. The zero-order valence-electron chi connectivity index (χ0n) is 11.0. The second-order valence-corrected chi connectivity index (χ2v) is 5.24. The highest BCUT2D eigenvalue weighted by Crippen LogP contribution is 2.20. The van der Waals surface area contributed by atoms with E-state index in [0.717, 1.165) is 15.9 Å². The predicted octanol–water partition coefficient (Wildman–Crippen LogP) is 2.57. The molecule has 0 aliphatic carbocycles. The van der Waals surface area contributed by atoms with Crippen LogP contribution in [0, 0.1) is 0 Å². The normalized spacial score (nSPS) is 11.4. The maximum Gasteiger partial charge on any atom is 0.172 e. The highest BCUT2D eigenvalue weighted by Gasteiger charge is 2.11. The molecule has 0 fully saturated rings. The summed E-state index contributed by atoms with van der Waals surface area (Å²) in [6, 6.07) is 11.4. The van der Waals surface area contributed by atoms with Crippen molar-refractivity contribution in [1.29, 1.82) is 0 Å². The molecule has 0 aliphatic rings. The van der Waals surface area contributed by atoms with E-state index in [4.69, 9.17) is 10.9 Å². The molecule has 1 aromatic carbocycles. The van der Waals surface area contributed by atoms with Gasteiger partial charge in [0, 0.05) is 29.0 Å². The average molecular weight is 335 g/mol. The largest absolute Gasteiger partial charge is 0.409 e. The van der Waals surface area contributed by atoms with Gasteiger partial charge in [0.05, 0.1) is 12.2 Å². The molecule has 2 aromatic rings. The quantitative estimate of drug-likeness (QED) is 0.390. The van der Waals surface area contributed by atoms with Crippen molar-refractivity contribution in [3.8, 4) is 0 Å². The number of rotatable bonds is 4. The monoisotopic (exact) mass is 334 g/mol. The first-order chi connectivity index (χ1) is 9.61. The van der Waals surface area contributed by atoms with Gasteiger partial charge in [-0.05, 0) is 40.2 Å². The molecule has 0 atom stereocenters. The molecule has 2 rings (SSSR count). The second-order valence-electron chi connectivity index (χ2n) is 4.33. The zero-order valence-corrected chi connectivity index (χ0v) is 12.6. The average Bonchev–Trinajstić information content (AvgIpc) is 2.48. The van der Waals surface area contributed by atoms with Crippen LogP contribution in [0.1, 0.15) is 11.3 Å². The molecule has 3 N–H and O–H groups in total. The molecule has 0 saturated heterocycles. The van der Waals surface area contributed by atoms with Crippen molar-refractivity contribution in [3.63, 3.8) is 0 Å². The number of nitrogens with two attached hydrogens (primary N) is 1. The van der Waals surface area contributed by atoms with Crippen molar-refractivity contribution in [2.45, 2.75) is 6.54 Å². The summed E-state index contributed by atoms with van der Waals surface area (Å²) < 4.78 is 0.945. The first kappa shape index (κ1) is 14.3. The molecule has 0 bridgehead atoms. The van der Waals surface area contributed by atoms with E-state index in [-0.39, 0.29) is 5.84 Å². The molecular formula is C14H15BrN4O. The van der Waals surface area contributed by atoms with Crippen molar-refractivity contribution < 1.29 is 5.21 Å². The number of benzene rings is 1.